The number of nitrogens with one attached hydrogen (secondary N) is 2. The van der Waals surface area contributed by atoms with Crippen molar-refractivity contribution >= 4 is 16.9 Å². The molecule has 3 aromatic rings. The largest absolute Gasteiger partial charge is 0.478 e. The number of hydrogen-bond donors (Lipinski definition) is 3. The van der Waals surface area contributed by atoms with Crippen LogP contribution in [0.2, 0.25) is 0 Å². The summed E-state index contributed by atoms with van der Waals surface area (Å²) in [5.41, 5.74) is 3.63. The zero-order valence-electron chi connectivity index (χ0n) is 9.69. The van der Waals surface area contributed by atoms with Crippen molar-refractivity contribution in [2.75, 3.05) is 0 Å². The first-order chi connectivity index (χ1) is 8.66. The lowest BCUT2D eigenvalue weighted by Crippen LogP contribution is -1.96. The lowest BCUT2D eigenvalue weighted by molar-refractivity contribution is 0.0698. The number of fused-ring (bicyclic) bond motifs is 1. The monoisotopic (exact) mass is 241 g/mol. The average Bonchev–Trinajstić information content (AvgIpc) is 2.92. The highest BCUT2D eigenvalue weighted by Gasteiger charge is 2.16. The zero-order valence-corrected chi connectivity index (χ0v) is 9.69. The van der Waals surface area contributed by atoms with E-state index in [1.54, 1.807) is 6.20 Å². The van der Waals surface area contributed by atoms with E-state index in [0.29, 0.717) is 5.69 Å². The van der Waals surface area contributed by atoms with Crippen molar-refractivity contribution in [3.63, 3.8) is 0 Å². The molecule has 0 radical (unpaired) electrons. The Morgan fingerprint density at radius 3 is 3.00 bits per heavy atom. The molecule has 0 saturated carbocycles. The molecule has 18 heavy (non-hydrogen) atoms. The summed E-state index contributed by atoms with van der Waals surface area (Å²) in [5, 5.41) is 16.7. The Bertz CT molecular complexity index is 740. The van der Waals surface area contributed by atoms with Gasteiger partial charge in [-0.25, -0.2) is 4.79 Å². The maximum atomic E-state index is 11.1. The first-order valence-electron chi connectivity index (χ1n) is 5.51. The van der Waals surface area contributed by atoms with E-state index in [1.807, 2.05) is 25.1 Å². The van der Waals surface area contributed by atoms with Crippen LogP contribution in [0.15, 0.2) is 30.6 Å². The summed E-state index contributed by atoms with van der Waals surface area (Å²) in [5.74, 6) is -0.985. The Kier molecular flexibility index (Phi) is 2.19. The molecule has 0 fully saturated rings. The smallest absolute Gasteiger partial charge is 0.339 e. The first kappa shape index (κ1) is 10.6. The number of aromatic amines is 2. The van der Waals surface area contributed by atoms with Gasteiger partial charge in [0.1, 0.15) is 5.56 Å². The standard InChI is InChI=1S/C13H11N3O2/c1-7-2-3-11-8(4-7)9(5-14-11)12-10(13(17)18)6-15-16-12/h2-6,14H,1H3,(H,15,16)(H,17,18). The minimum atomic E-state index is -0.985. The number of carbonyl (C=O) groups is 1. The lowest BCUT2D eigenvalue weighted by atomic mass is 10.1. The molecule has 0 unspecified atom stereocenters. The number of aromatic carboxylic acids is 1. The Labute approximate surface area is 102 Å². The number of rotatable bonds is 2. The van der Waals surface area contributed by atoms with E-state index in [1.165, 1.54) is 6.20 Å². The third kappa shape index (κ3) is 1.48. The highest BCUT2D eigenvalue weighted by molar-refractivity contribution is 6.01. The van der Waals surface area contributed by atoms with Gasteiger partial charge in [-0.3, -0.25) is 5.10 Å². The van der Waals surface area contributed by atoms with Gasteiger partial charge in [0.15, 0.2) is 0 Å². The third-order valence-corrected chi connectivity index (χ3v) is 2.98. The van der Waals surface area contributed by atoms with E-state index in [2.05, 4.69) is 15.2 Å². The van der Waals surface area contributed by atoms with Gasteiger partial charge in [0.25, 0.3) is 0 Å². The van der Waals surface area contributed by atoms with Crippen LogP contribution in [0.4, 0.5) is 0 Å². The fourth-order valence-electron chi connectivity index (χ4n) is 2.09. The molecule has 0 spiro atoms. The summed E-state index contributed by atoms with van der Waals surface area (Å²) >= 11 is 0. The summed E-state index contributed by atoms with van der Waals surface area (Å²) in [4.78, 5) is 14.2. The summed E-state index contributed by atoms with van der Waals surface area (Å²) in [6, 6.07) is 6.01. The first-order valence-corrected chi connectivity index (χ1v) is 5.51. The number of benzene rings is 1. The Morgan fingerprint density at radius 1 is 1.39 bits per heavy atom. The van der Waals surface area contributed by atoms with Gasteiger partial charge in [0.05, 0.1) is 11.9 Å². The molecule has 2 heterocycles. The van der Waals surface area contributed by atoms with E-state index >= 15 is 0 Å². The van der Waals surface area contributed by atoms with Crippen LogP contribution in [0.1, 0.15) is 15.9 Å². The topological polar surface area (TPSA) is 81.8 Å². The highest BCUT2D eigenvalue weighted by atomic mass is 16.4. The van der Waals surface area contributed by atoms with Crippen LogP contribution < -0.4 is 0 Å². The third-order valence-electron chi connectivity index (χ3n) is 2.98. The number of hydrogen-bond acceptors (Lipinski definition) is 2. The van der Waals surface area contributed by atoms with Crippen LogP contribution in [0.5, 0.6) is 0 Å². The molecule has 1 aromatic carbocycles. The number of H-pyrrole nitrogens is 2. The van der Waals surface area contributed by atoms with Crippen molar-refractivity contribution in [3.8, 4) is 11.3 Å². The van der Waals surface area contributed by atoms with Crippen LogP contribution in [-0.4, -0.2) is 26.3 Å². The zero-order chi connectivity index (χ0) is 12.7. The van der Waals surface area contributed by atoms with Gasteiger partial charge in [-0.2, -0.15) is 5.10 Å². The molecule has 3 N–H and O–H groups in total. The maximum Gasteiger partial charge on any atom is 0.339 e. The number of carboxylic acid groups (broad SMARTS) is 1. The molecule has 0 aliphatic rings. The van der Waals surface area contributed by atoms with E-state index in [-0.39, 0.29) is 5.56 Å². The number of nitrogens with zero attached hydrogens (tertiary/aromatic N) is 1. The van der Waals surface area contributed by atoms with Crippen molar-refractivity contribution in [3.05, 3.63) is 41.7 Å². The molecule has 0 aliphatic heterocycles. The van der Waals surface area contributed by atoms with Gasteiger partial charge >= 0.3 is 5.97 Å². The van der Waals surface area contributed by atoms with Crippen LogP contribution in [0, 0.1) is 6.92 Å². The number of aromatic nitrogens is 3. The van der Waals surface area contributed by atoms with Crippen LogP contribution >= 0.6 is 0 Å². The minimum Gasteiger partial charge on any atom is -0.478 e. The van der Waals surface area contributed by atoms with E-state index in [4.69, 9.17) is 5.11 Å². The van der Waals surface area contributed by atoms with Crippen LogP contribution in [0.25, 0.3) is 22.2 Å². The van der Waals surface area contributed by atoms with Crippen LogP contribution in [0.3, 0.4) is 0 Å². The Balaban J connectivity index is 2.28. The van der Waals surface area contributed by atoms with Crippen molar-refractivity contribution in [1.29, 1.82) is 0 Å². The predicted octanol–water partition coefficient (Wildman–Crippen LogP) is 2.56. The van der Waals surface area contributed by atoms with E-state index < -0.39 is 5.97 Å². The Hall–Kier alpha value is -2.56. The summed E-state index contributed by atoms with van der Waals surface area (Å²) in [7, 11) is 0. The molecule has 5 nitrogen and oxygen atoms in total. The second-order valence-corrected chi connectivity index (χ2v) is 4.22. The molecular weight excluding hydrogens is 230 g/mol. The summed E-state index contributed by atoms with van der Waals surface area (Å²) in [6.45, 7) is 2.00. The molecule has 0 saturated heterocycles. The van der Waals surface area contributed by atoms with Gasteiger partial charge in [0.2, 0.25) is 0 Å². The number of aryl methyl sites for hydroxylation is 1. The Morgan fingerprint density at radius 2 is 2.22 bits per heavy atom. The quantitative estimate of drug-likeness (QED) is 0.644. The van der Waals surface area contributed by atoms with Gasteiger partial charge in [-0.05, 0) is 19.1 Å². The highest BCUT2D eigenvalue weighted by Crippen LogP contribution is 2.30. The fraction of sp³-hybridized carbons (Fsp3) is 0.0769. The molecule has 0 amide bonds. The molecule has 5 heteroatoms. The second-order valence-electron chi connectivity index (χ2n) is 4.22. The normalized spacial score (nSPS) is 10.9. The van der Waals surface area contributed by atoms with Crippen molar-refractivity contribution in [2.24, 2.45) is 0 Å². The van der Waals surface area contributed by atoms with Gasteiger partial charge in [-0.1, -0.05) is 11.6 Å². The molecule has 0 aliphatic carbocycles. The van der Waals surface area contributed by atoms with Gasteiger partial charge < -0.3 is 10.1 Å². The molecule has 3 rings (SSSR count). The molecule has 90 valence electrons. The molecule has 0 bridgehead atoms. The molecular formula is C13H11N3O2. The van der Waals surface area contributed by atoms with Gasteiger partial charge in [0, 0.05) is 22.7 Å². The molecule has 2 aromatic heterocycles. The summed E-state index contributed by atoms with van der Waals surface area (Å²) in [6.07, 6.45) is 3.12. The van der Waals surface area contributed by atoms with E-state index in [9.17, 15) is 4.79 Å². The van der Waals surface area contributed by atoms with Crippen molar-refractivity contribution in [1.82, 2.24) is 15.2 Å². The SMILES string of the molecule is Cc1ccc2[nH]cc(-c3[nH]ncc3C(=O)O)c2c1. The average molecular weight is 241 g/mol. The van der Waals surface area contributed by atoms with Crippen LogP contribution in [-0.2, 0) is 0 Å². The van der Waals surface area contributed by atoms with Crippen molar-refractivity contribution in [2.45, 2.75) is 6.92 Å². The van der Waals surface area contributed by atoms with Crippen molar-refractivity contribution < 1.29 is 9.90 Å². The minimum absolute atomic E-state index is 0.178. The second kappa shape index (κ2) is 3.73. The van der Waals surface area contributed by atoms with Gasteiger partial charge in [-0.15, -0.1) is 0 Å². The maximum absolute atomic E-state index is 11.1. The lowest BCUT2D eigenvalue weighted by Gasteiger charge is -1.99. The number of carboxylic acids is 1. The summed E-state index contributed by atoms with van der Waals surface area (Å²) < 4.78 is 0. The molecule has 0 atom stereocenters. The van der Waals surface area contributed by atoms with E-state index in [0.717, 1.165) is 22.0 Å². The fourth-order valence-corrected chi connectivity index (χ4v) is 2.09. The predicted molar refractivity (Wildman–Crippen MR) is 67.6 cm³/mol.